The van der Waals surface area contributed by atoms with E-state index in [0.29, 0.717) is 23.8 Å². The summed E-state index contributed by atoms with van der Waals surface area (Å²) in [4.78, 5) is 27.9. The number of piperidine rings is 1. The summed E-state index contributed by atoms with van der Waals surface area (Å²) in [6, 6.07) is 1.59. The number of carboxylic acid groups (broad SMARTS) is 1. The maximum Gasteiger partial charge on any atom is 0.354 e. The summed E-state index contributed by atoms with van der Waals surface area (Å²) in [6.07, 6.45) is 2.10. The molecule has 0 radical (unpaired) electrons. The van der Waals surface area contributed by atoms with Crippen LogP contribution in [0, 0.1) is 12.8 Å². The number of likely N-dealkylation sites (tertiary alicyclic amines) is 1. The van der Waals surface area contributed by atoms with Crippen molar-refractivity contribution in [3.8, 4) is 0 Å². The first-order valence-electron chi connectivity index (χ1n) is 6.89. The van der Waals surface area contributed by atoms with Gasteiger partial charge in [0, 0.05) is 18.3 Å². The Morgan fingerprint density at radius 1 is 1.40 bits per heavy atom. The summed E-state index contributed by atoms with van der Waals surface area (Å²) in [7, 11) is 0. The second kappa shape index (κ2) is 5.56. The number of aromatic amines is 1. The third-order valence-corrected chi connectivity index (χ3v) is 3.79. The van der Waals surface area contributed by atoms with E-state index in [0.717, 1.165) is 12.8 Å². The summed E-state index contributed by atoms with van der Waals surface area (Å²) in [5.41, 5.74) is 1.05. The van der Waals surface area contributed by atoms with Gasteiger partial charge in [-0.25, -0.2) is 9.59 Å². The van der Waals surface area contributed by atoms with Crippen LogP contribution in [0.5, 0.6) is 0 Å². The summed E-state index contributed by atoms with van der Waals surface area (Å²) < 4.78 is 0. The predicted octanol–water partition coefficient (Wildman–Crippen LogP) is 2.67. The van der Waals surface area contributed by atoms with Crippen molar-refractivity contribution in [3.05, 3.63) is 17.5 Å². The zero-order chi connectivity index (χ0) is 14.9. The van der Waals surface area contributed by atoms with Crippen LogP contribution in [0.1, 0.15) is 42.9 Å². The maximum absolute atomic E-state index is 12.3. The van der Waals surface area contributed by atoms with Gasteiger partial charge >= 0.3 is 12.0 Å². The van der Waals surface area contributed by atoms with Crippen LogP contribution in [0.25, 0.3) is 0 Å². The van der Waals surface area contributed by atoms with Crippen molar-refractivity contribution >= 4 is 17.7 Å². The monoisotopic (exact) mass is 279 g/mol. The number of aryl methyl sites for hydroxylation is 1. The molecule has 6 heteroatoms. The van der Waals surface area contributed by atoms with Gasteiger partial charge in [0.25, 0.3) is 0 Å². The lowest BCUT2D eigenvalue weighted by Gasteiger charge is -2.36. The molecule has 0 saturated carbocycles. The normalized spacial score (nSPS) is 22.6. The number of hydrogen-bond donors (Lipinski definition) is 3. The molecule has 0 spiro atoms. The van der Waals surface area contributed by atoms with E-state index >= 15 is 0 Å². The van der Waals surface area contributed by atoms with Crippen molar-refractivity contribution in [3.63, 3.8) is 0 Å². The minimum atomic E-state index is -1.08. The Hall–Kier alpha value is -1.98. The minimum Gasteiger partial charge on any atom is -0.477 e. The number of hydrogen-bond acceptors (Lipinski definition) is 2. The highest BCUT2D eigenvalue weighted by atomic mass is 16.4. The van der Waals surface area contributed by atoms with Crippen molar-refractivity contribution < 1.29 is 14.7 Å². The predicted molar refractivity (Wildman–Crippen MR) is 76.1 cm³/mol. The molecule has 110 valence electrons. The number of amides is 2. The van der Waals surface area contributed by atoms with E-state index in [9.17, 15) is 9.59 Å². The summed E-state index contributed by atoms with van der Waals surface area (Å²) in [5.74, 6) is -0.600. The fourth-order valence-corrected chi connectivity index (χ4v) is 2.62. The Labute approximate surface area is 118 Å². The number of anilines is 1. The topological polar surface area (TPSA) is 85.4 Å². The fourth-order valence-electron chi connectivity index (χ4n) is 2.62. The molecule has 1 aromatic heterocycles. The number of carbonyl (C=O) groups is 2. The molecule has 2 amide bonds. The van der Waals surface area contributed by atoms with Gasteiger partial charge in [-0.2, -0.15) is 0 Å². The lowest BCUT2D eigenvalue weighted by atomic mass is 9.95. The number of urea groups is 1. The van der Waals surface area contributed by atoms with Gasteiger partial charge in [-0.15, -0.1) is 0 Å². The van der Waals surface area contributed by atoms with Crippen LogP contribution in [0.3, 0.4) is 0 Å². The average Bonchev–Trinajstić information content (AvgIpc) is 2.73. The van der Waals surface area contributed by atoms with E-state index < -0.39 is 5.97 Å². The first-order valence-corrected chi connectivity index (χ1v) is 6.89. The van der Waals surface area contributed by atoms with E-state index in [1.54, 1.807) is 17.9 Å². The van der Waals surface area contributed by atoms with Gasteiger partial charge in [0.2, 0.25) is 0 Å². The molecule has 2 heterocycles. The Balaban J connectivity index is 2.13. The first kappa shape index (κ1) is 14.4. The molecule has 2 rings (SSSR count). The van der Waals surface area contributed by atoms with Crippen molar-refractivity contribution in [1.82, 2.24) is 9.88 Å². The van der Waals surface area contributed by atoms with Gasteiger partial charge in [0.15, 0.2) is 0 Å². The molecule has 1 aliphatic rings. The van der Waals surface area contributed by atoms with Crippen LogP contribution in [0.4, 0.5) is 10.5 Å². The quantitative estimate of drug-likeness (QED) is 0.778. The van der Waals surface area contributed by atoms with E-state index in [2.05, 4.69) is 17.2 Å². The van der Waals surface area contributed by atoms with Crippen LogP contribution in [0.2, 0.25) is 0 Å². The van der Waals surface area contributed by atoms with Crippen LogP contribution in [0.15, 0.2) is 6.07 Å². The van der Waals surface area contributed by atoms with Crippen LogP contribution < -0.4 is 5.32 Å². The largest absolute Gasteiger partial charge is 0.477 e. The Morgan fingerprint density at radius 3 is 2.75 bits per heavy atom. The average molecular weight is 279 g/mol. The third kappa shape index (κ3) is 2.95. The van der Waals surface area contributed by atoms with Crippen molar-refractivity contribution in [1.29, 1.82) is 0 Å². The Morgan fingerprint density at radius 2 is 2.10 bits per heavy atom. The number of aromatic nitrogens is 1. The summed E-state index contributed by atoms with van der Waals surface area (Å²) in [5, 5.41) is 11.8. The summed E-state index contributed by atoms with van der Waals surface area (Å²) >= 11 is 0. The molecule has 2 atom stereocenters. The van der Waals surface area contributed by atoms with Crippen molar-refractivity contribution in [2.24, 2.45) is 5.92 Å². The molecule has 1 saturated heterocycles. The van der Waals surface area contributed by atoms with Gasteiger partial charge in [-0.1, -0.05) is 6.92 Å². The van der Waals surface area contributed by atoms with Gasteiger partial charge < -0.3 is 20.3 Å². The highest BCUT2D eigenvalue weighted by Gasteiger charge is 2.28. The van der Waals surface area contributed by atoms with E-state index in [-0.39, 0.29) is 17.8 Å². The number of rotatable bonds is 2. The molecule has 0 bridgehead atoms. The van der Waals surface area contributed by atoms with Gasteiger partial charge in [-0.3, -0.25) is 0 Å². The van der Waals surface area contributed by atoms with E-state index in [4.69, 9.17) is 5.11 Å². The fraction of sp³-hybridized carbons (Fsp3) is 0.571. The molecule has 1 fully saturated rings. The maximum atomic E-state index is 12.3. The SMILES string of the molecule is Cc1cc(NC(=O)N2CC(C)CCC2C)c(C(=O)O)[nH]1. The molecule has 0 aliphatic carbocycles. The smallest absolute Gasteiger partial charge is 0.354 e. The number of carboxylic acids is 1. The number of carbonyl (C=O) groups excluding carboxylic acids is 1. The van der Waals surface area contributed by atoms with Gasteiger partial charge in [-0.05, 0) is 38.7 Å². The molecule has 6 nitrogen and oxygen atoms in total. The van der Waals surface area contributed by atoms with Crippen molar-refractivity contribution in [2.75, 3.05) is 11.9 Å². The number of nitrogens with zero attached hydrogens (tertiary/aromatic N) is 1. The van der Waals surface area contributed by atoms with Crippen molar-refractivity contribution in [2.45, 2.75) is 39.7 Å². The molecular formula is C14H21N3O3. The lowest BCUT2D eigenvalue weighted by molar-refractivity contribution is 0.0692. The van der Waals surface area contributed by atoms with Gasteiger partial charge in [0.1, 0.15) is 5.69 Å². The van der Waals surface area contributed by atoms with Crippen LogP contribution >= 0.6 is 0 Å². The second-order valence-corrected chi connectivity index (χ2v) is 5.66. The lowest BCUT2D eigenvalue weighted by Crippen LogP contribution is -2.47. The molecule has 2 unspecified atom stereocenters. The number of H-pyrrole nitrogens is 1. The van der Waals surface area contributed by atoms with Crippen LogP contribution in [-0.4, -0.2) is 39.6 Å². The van der Waals surface area contributed by atoms with E-state index in [1.807, 2.05) is 6.92 Å². The zero-order valence-corrected chi connectivity index (χ0v) is 12.1. The van der Waals surface area contributed by atoms with Gasteiger partial charge in [0.05, 0.1) is 5.69 Å². The minimum absolute atomic E-state index is 0.0218. The highest BCUT2D eigenvalue weighted by Crippen LogP contribution is 2.23. The molecule has 0 aromatic carbocycles. The van der Waals surface area contributed by atoms with E-state index in [1.165, 1.54) is 0 Å². The number of nitrogens with one attached hydrogen (secondary N) is 2. The molecule has 20 heavy (non-hydrogen) atoms. The Kier molecular flexibility index (Phi) is 4.01. The number of aromatic carboxylic acids is 1. The molecule has 1 aromatic rings. The highest BCUT2D eigenvalue weighted by molar-refractivity contribution is 5.99. The molecular weight excluding hydrogens is 258 g/mol. The summed E-state index contributed by atoms with van der Waals surface area (Å²) in [6.45, 7) is 6.60. The molecule has 1 aliphatic heterocycles. The van der Waals surface area contributed by atoms with Crippen LogP contribution in [-0.2, 0) is 0 Å². The Bertz CT molecular complexity index is 524. The third-order valence-electron chi connectivity index (χ3n) is 3.79. The standard InChI is InChI=1S/C14H21N3O3/c1-8-4-5-10(3)17(7-8)14(20)16-11-6-9(2)15-12(11)13(18)19/h6,8,10,15H,4-5,7H2,1-3H3,(H,16,20)(H,18,19). The zero-order valence-electron chi connectivity index (χ0n) is 12.1. The first-order chi connectivity index (χ1) is 9.38. The second-order valence-electron chi connectivity index (χ2n) is 5.66. The molecule has 3 N–H and O–H groups in total.